The fraction of sp³-hybridized carbons (Fsp3) is 0.743. The molecule has 1 amide bonds. The van der Waals surface area contributed by atoms with E-state index < -0.39 is 26.6 Å². The van der Waals surface area contributed by atoms with Gasteiger partial charge in [-0.15, -0.1) is 0 Å². The third-order valence-electron chi connectivity index (χ3n) is 14.2. The number of allylic oxidation sites excluding steroid dienone is 15. The van der Waals surface area contributed by atoms with Crippen molar-refractivity contribution in [1.29, 1.82) is 0 Å². The molecule has 462 valence electrons. The van der Waals surface area contributed by atoms with E-state index in [-0.39, 0.29) is 24.9 Å². The molecule has 0 aromatic rings. The minimum absolute atomic E-state index is 0.0294. The lowest BCUT2D eigenvalue weighted by Crippen LogP contribution is -2.47. The van der Waals surface area contributed by atoms with Gasteiger partial charge >= 0.3 is 5.97 Å². The Morgan fingerprint density at radius 2 is 0.800 bits per heavy atom. The molecule has 0 radical (unpaired) electrons. The van der Waals surface area contributed by atoms with E-state index >= 15 is 0 Å². The molecule has 3 atom stereocenters. The molecule has 3 unspecified atom stereocenters. The molecule has 0 aromatic heterocycles. The van der Waals surface area contributed by atoms with Gasteiger partial charge < -0.3 is 28.5 Å². The zero-order valence-electron chi connectivity index (χ0n) is 52.8. The predicted octanol–water partition coefficient (Wildman–Crippen LogP) is 20.1. The van der Waals surface area contributed by atoms with Crippen molar-refractivity contribution in [2.45, 2.75) is 296 Å². The Balaban J connectivity index is 5.21. The van der Waals surface area contributed by atoms with Crippen molar-refractivity contribution < 1.29 is 37.3 Å². The molecule has 0 fully saturated rings. The van der Waals surface area contributed by atoms with Gasteiger partial charge in [0.25, 0.3) is 7.82 Å². The number of hydrogen-bond acceptors (Lipinski definition) is 7. The number of ether oxygens (including phenoxy) is 1. The average molecular weight is 1140 g/mol. The first kappa shape index (κ1) is 76.9. The fourth-order valence-corrected chi connectivity index (χ4v) is 9.89. The van der Waals surface area contributed by atoms with E-state index in [0.717, 1.165) is 122 Å². The summed E-state index contributed by atoms with van der Waals surface area (Å²) in [5.41, 5.74) is 0. The molecule has 0 aliphatic rings. The highest BCUT2D eigenvalue weighted by Crippen LogP contribution is 2.38. The molecule has 0 saturated heterocycles. The first-order valence-corrected chi connectivity index (χ1v) is 34.5. The zero-order chi connectivity index (χ0) is 58.6. The molecule has 0 bridgehead atoms. The third kappa shape index (κ3) is 59.5. The third-order valence-corrected chi connectivity index (χ3v) is 15.2. The molecule has 0 aliphatic heterocycles. The number of carbonyl (C=O) groups is 2. The topological polar surface area (TPSA) is 114 Å². The number of amides is 1. The Morgan fingerprint density at radius 1 is 0.450 bits per heavy atom. The molecule has 0 rings (SSSR count). The number of likely N-dealkylation sites (N-methyl/N-ethyl adjacent to an activating group) is 1. The molecule has 10 heteroatoms. The summed E-state index contributed by atoms with van der Waals surface area (Å²) in [7, 11) is 1.17. The van der Waals surface area contributed by atoms with Crippen LogP contribution in [0.2, 0.25) is 0 Å². The number of rotatable bonds is 59. The monoisotopic (exact) mass is 1140 g/mol. The summed E-state index contributed by atoms with van der Waals surface area (Å²) in [5.74, 6) is -0.558. The Bertz CT molecular complexity index is 1690. The fourth-order valence-electron chi connectivity index (χ4n) is 9.17. The number of nitrogens with zero attached hydrogens (tertiary/aromatic N) is 1. The van der Waals surface area contributed by atoms with Crippen molar-refractivity contribution >= 4 is 19.7 Å². The summed E-state index contributed by atoms with van der Waals surface area (Å²) >= 11 is 0. The lowest BCUT2D eigenvalue weighted by atomic mass is 10.0. The number of nitrogens with one attached hydrogen (secondary N) is 1. The summed E-state index contributed by atoms with van der Waals surface area (Å²) < 4.78 is 30.4. The molecule has 9 nitrogen and oxygen atoms in total. The van der Waals surface area contributed by atoms with Gasteiger partial charge in [-0.1, -0.05) is 260 Å². The van der Waals surface area contributed by atoms with Crippen LogP contribution in [0.4, 0.5) is 0 Å². The van der Waals surface area contributed by atoms with Gasteiger partial charge in [-0.25, -0.2) is 0 Å². The van der Waals surface area contributed by atoms with Crippen LogP contribution in [0.25, 0.3) is 0 Å². The first-order valence-electron chi connectivity index (χ1n) is 33.0. The number of carbonyl (C=O) groups excluding carboxylic acids is 2. The van der Waals surface area contributed by atoms with E-state index in [2.05, 4.69) is 111 Å². The van der Waals surface area contributed by atoms with E-state index in [9.17, 15) is 19.0 Å². The number of unbranched alkanes of at least 4 members (excludes halogenated alkanes) is 29. The molecule has 0 saturated carbocycles. The van der Waals surface area contributed by atoms with Crippen LogP contribution in [0.1, 0.15) is 284 Å². The Morgan fingerprint density at radius 3 is 1.23 bits per heavy atom. The smallest absolute Gasteiger partial charge is 0.306 e. The number of phosphoric acid groups is 1. The van der Waals surface area contributed by atoms with Gasteiger partial charge in [0.15, 0.2) is 0 Å². The SMILES string of the molecule is CC/C=C\C/C=C\C/C=C\C/C=C\C/C=C\CCCCCCCCCC(=O)NC(COP(=O)([O-])OCC[N+](C)(C)C)C(/C=C\CCCCCCCCCCCC)OC(=O)CCCCCCCCCCC/C=C\C/C=C\CCCCC. The molecule has 1 N–H and O–H groups in total. The summed E-state index contributed by atoms with van der Waals surface area (Å²) in [4.78, 5) is 40.1. The highest BCUT2D eigenvalue weighted by Gasteiger charge is 2.27. The van der Waals surface area contributed by atoms with Crippen molar-refractivity contribution in [3.8, 4) is 0 Å². The summed E-state index contributed by atoms with van der Waals surface area (Å²) in [6.07, 6.45) is 79.4. The molecular weight excluding hydrogens is 1010 g/mol. The van der Waals surface area contributed by atoms with Crippen LogP contribution >= 0.6 is 7.82 Å². The van der Waals surface area contributed by atoms with Gasteiger partial charge in [-0.2, -0.15) is 0 Å². The highest BCUT2D eigenvalue weighted by molar-refractivity contribution is 7.45. The minimum atomic E-state index is -4.71. The standard InChI is InChI=1S/C70H125N2O7P/c1-7-10-13-16-19-22-25-28-30-32-34-35-36-37-39-40-42-44-47-50-53-56-59-62-69(73)71-67(66-78-80(75,76)77-65-64-72(4,5)6)68(61-58-55-52-49-46-27-24-21-18-15-12-9-3)79-70(74)63-60-57-54-51-48-45-43-41-38-33-31-29-26-23-20-17-14-11-8-2/h10,13,19-20,22-23,28-31,34-35,37,39,58,61,67-68H,7-9,11-12,14-18,21,24-27,32-33,36,38,40-57,59-60,62-66H2,1-6H3,(H-,71,73,75,76)/b13-10-,22-19-,23-20-,30-28-,31-29-,35-34-,39-37-,61-58-. The quantitative estimate of drug-likeness (QED) is 0.0212. The van der Waals surface area contributed by atoms with E-state index in [1.807, 2.05) is 33.3 Å². The Kier molecular flexibility index (Phi) is 56.8. The molecule has 0 aromatic carbocycles. The number of hydrogen-bond donors (Lipinski definition) is 1. The van der Waals surface area contributed by atoms with E-state index in [4.69, 9.17) is 13.8 Å². The molecule has 0 heterocycles. The maximum Gasteiger partial charge on any atom is 0.306 e. The van der Waals surface area contributed by atoms with Gasteiger partial charge in [0, 0.05) is 12.8 Å². The number of esters is 1. The van der Waals surface area contributed by atoms with Crippen molar-refractivity contribution in [3.63, 3.8) is 0 Å². The molecule has 0 aliphatic carbocycles. The first-order chi connectivity index (χ1) is 38.9. The van der Waals surface area contributed by atoms with Crippen LogP contribution in [-0.2, 0) is 27.9 Å². The van der Waals surface area contributed by atoms with Crippen LogP contribution in [-0.4, -0.2) is 69.4 Å². The highest BCUT2D eigenvalue weighted by atomic mass is 31.2. The second kappa shape index (κ2) is 59.1. The second-order valence-corrected chi connectivity index (χ2v) is 24.6. The van der Waals surface area contributed by atoms with Crippen LogP contribution in [0.5, 0.6) is 0 Å². The van der Waals surface area contributed by atoms with E-state index in [1.165, 1.54) is 128 Å². The minimum Gasteiger partial charge on any atom is -0.756 e. The number of quaternary nitrogens is 1. The molecule has 80 heavy (non-hydrogen) atoms. The van der Waals surface area contributed by atoms with Crippen molar-refractivity contribution in [2.75, 3.05) is 40.9 Å². The maximum atomic E-state index is 13.6. The lowest BCUT2D eigenvalue weighted by Gasteiger charge is -2.30. The van der Waals surface area contributed by atoms with Gasteiger partial charge in [0.2, 0.25) is 5.91 Å². The predicted molar refractivity (Wildman–Crippen MR) is 344 cm³/mol. The average Bonchev–Trinajstić information content (AvgIpc) is 3.42. The van der Waals surface area contributed by atoms with Crippen LogP contribution < -0.4 is 10.2 Å². The van der Waals surface area contributed by atoms with E-state index in [0.29, 0.717) is 17.4 Å². The van der Waals surface area contributed by atoms with Gasteiger partial charge in [-0.05, 0) is 109 Å². The van der Waals surface area contributed by atoms with Crippen LogP contribution in [0.3, 0.4) is 0 Å². The molecule has 0 spiro atoms. The maximum absolute atomic E-state index is 13.6. The van der Waals surface area contributed by atoms with Gasteiger partial charge in [0.1, 0.15) is 19.3 Å². The summed E-state index contributed by atoms with van der Waals surface area (Å²) in [5, 5.41) is 3.03. The summed E-state index contributed by atoms with van der Waals surface area (Å²) in [6.45, 7) is 6.70. The van der Waals surface area contributed by atoms with Gasteiger partial charge in [-0.3, -0.25) is 14.2 Å². The van der Waals surface area contributed by atoms with Crippen LogP contribution in [0.15, 0.2) is 97.2 Å². The van der Waals surface area contributed by atoms with Crippen LogP contribution in [0, 0.1) is 0 Å². The zero-order valence-corrected chi connectivity index (χ0v) is 53.7. The normalized spacial score (nSPS) is 14.2. The van der Waals surface area contributed by atoms with Crippen molar-refractivity contribution in [2.24, 2.45) is 0 Å². The van der Waals surface area contributed by atoms with Gasteiger partial charge in [0.05, 0.1) is 33.8 Å². The number of phosphoric ester groups is 1. The van der Waals surface area contributed by atoms with E-state index in [1.54, 1.807) is 0 Å². The second-order valence-electron chi connectivity index (χ2n) is 23.2. The lowest BCUT2D eigenvalue weighted by molar-refractivity contribution is -0.870. The Labute approximate surface area is 494 Å². The molecular formula is C70H125N2O7P. The summed E-state index contributed by atoms with van der Waals surface area (Å²) in [6, 6.07) is -0.902. The van der Waals surface area contributed by atoms with Crippen molar-refractivity contribution in [1.82, 2.24) is 5.32 Å². The largest absolute Gasteiger partial charge is 0.756 e. The van der Waals surface area contributed by atoms with Crippen molar-refractivity contribution in [3.05, 3.63) is 97.2 Å². The Hall–Kier alpha value is -3.07.